The number of phenolic OH excluding ortho intramolecular Hbond substituents is 1. The first kappa shape index (κ1) is 30.8. The molecular weight excluding hydrogens is 565 g/mol. The van der Waals surface area contributed by atoms with Crippen LogP contribution < -0.4 is 15.9 Å². The SMILES string of the molecule is CC[C@]1(CCCNC(C)C)CCN(c2cc(-c3cc(F)cc(-c4ccc(-n5ccn(C)c5=O)c(Cl)c4)c3O)cnc2C)C1. The van der Waals surface area contributed by atoms with Crippen molar-refractivity contribution in [2.45, 2.75) is 59.4 Å². The molecule has 4 aromatic rings. The Bertz CT molecular complexity index is 1680. The molecular formula is C34H41ClFN5O2. The molecule has 3 heterocycles. The number of imidazole rings is 1. The van der Waals surface area contributed by atoms with Gasteiger partial charge in [0, 0.05) is 61.5 Å². The minimum Gasteiger partial charge on any atom is -0.507 e. The van der Waals surface area contributed by atoms with Crippen molar-refractivity contribution in [1.82, 2.24) is 19.4 Å². The van der Waals surface area contributed by atoms with Crippen LogP contribution >= 0.6 is 11.6 Å². The molecule has 0 radical (unpaired) electrons. The molecule has 0 aliphatic carbocycles. The van der Waals surface area contributed by atoms with Crippen LogP contribution in [0, 0.1) is 18.2 Å². The van der Waals surface area contributed by atoms with Crippen molar-refractivity contribution >= 4 is 17.3 Å². The second-order valence-electron chi connectivity index (χ2n) is 12.1. The molecule has 0 unspecified atom stereocenters. The molecule has 1 saturated heterocycles. The lowest BCUT2D eigenvalue weighted by Gasteiger charge is -2.29. The van der Waals surface area contributed by atoms with Crippen LogP contribution in [0.15, 0.2) is 59.8 Å². The lowest BCUT2D eigenvalue weighted by Crippen LogP contribution is -2.29. The standard InChI is InChI=1S/C34H41ClFN5O2/c1-6-34(10-7-12-37-22(2)3)11-13-40(21-34)31-17-25(20-38-23(31)4)28-19-26(36)18-27(32(28)42)24-8-9-30(29(35)16-24)41-15-14-39(5)33(41)43/h8-9,14-20,22,37,42H,6-7,10-13,21H2,1-5H3/t34-/m0/s1. The molecule has 2 aromatic heterocycles. The number of aryl methyl sites for hydroxylation is 2. The van der Waals surface area contributed by atoms with Gasteiger partial charge in [-0.3, -0.25) is 9.55 Å². The van der Waals surface area contributed by atoms with Crippen LogP contribution in [0.4, 0.5) is 10.1 Å². The number of benzene rings is 2. The number of anilines is 1. The van der Waals surface area contributed by atoms with Gasteiger partial charge in [-0.25, -0.2) is 9.18 Å². The minimum atomic E-state index is -0.481. The van der Waals surface area contributed by atoms with Gasteiger partial charge in [0.1, 0.15) is 11.6 Å². The number of halogens is 2. The summed E-state index contributed by atoms with van der Waals surface area (Å²) in [5.41, 5.74) is 4.31. The van der Waals surface area contributed by atoms with Gasteiger partial charge in [0.25, 0.3) is 0 Å². The van der Waals surface area contributed by atoms with E-state index in [0.717, 1.165) is 50.3 Å². The highest BCUT2D eigenvalue weighted by atomic mass is 35.5. The Morgan fingerprint density at radius 2 is 1.86 bits per heavy atom. The summed E-state index contributed by atoms with van der Waals surface area (Å²) in [5, 5.41) is 15.3. The third-order valence-electron chi connectivity index (χ3n) is 8.88. The summed E-state index contributed by atoms with van der Waals surface area (Å²) in [6.45, 7) is 11.5. The Hall–Kier alpha value is -3.62. The van der Waals surface area contributed by atoms with E-state index in [0.29, 0.717) is 39.0 Å². The predicted molar refractivity (Wildman–Crippen MR) is 173 cm³/mol. The summed E-state index contributed by atoms with van der Waals surface area (Å²) in [5.74, 6) is -0.536. The molecule has 1 atom stereocenters. The Morgan fingerprint density at radius 3 is 2.51 bits per heavy atom. The van der Waals surface area contributed by atoms with Crippen molar-refractivity contribution in [3.8, 4) is 33.7 Å². The second kappa shape index (κ2) is 12.5. The third kappa shape index (κ3) is 6.36. The summed E-state index contributed by atoms with van der Waals surface area (Å²) in [6.07, 6.45) is 9.52. The monoisotopic (exact) mass is 605 g/mol. The third-order valence-corrected chi connectivity index (χ3v) is 9.18. The molecule has 2 N–H and O–H groups in total. The van der Waals surface area contributed by atoms with Gasteiger partial charge in [-0.15, -0.1) is 0 Å². The van der Waals surface area contributed by atoms with Gasteiger partial charge in [-0.2, -0.15) is 0 Å². The second-order valence-corrected chi connectivity index (χ2v) is 12.6. The molecule has 0 spiro atoms. The fraction of sp³-hybridized carbons (Fsp3) is 0.412. The molecule has 9 heteroatoms. The molecule has 2 aromatic carbocycles. The molecule has 0 saturated carbocycles. The van der Waals surface area contributed by atoms with E-state index in [4.69, 9.17) is 11.6 Å². The van der Waals surface area contributed by atoms with E-state index in [9.17, 15) is 9.90 Å². The van der Waals surface area contributed by atoms with Crippen molar-refractivity contribution in [2.24, 2.45) is 12.5 Å². The van der Waals surface area contributed by atoms with Crippen molar-refractivity contribution in [3.05, 3.63) is 82.0 Å². The molecule has 0 bridgehead atoms. The number of rotatable bonds is 10. The average Bonchev–Trinajstić information content (AvgIpc) is 3.56. The van der Waals surface area contributed by atoms with E-state index in [2.05, 4.69) is 36.0 Å². The van der Waals surface area contributed by atoms with Gasteiger partial charge in [0.05, 0.1) is 22.1 Å². The van der Waals surface area contributed by atoms with Gasteiger partial charge in [0.15, 0.2) is 0 Å². The zero-order valence-corrected chi connectivity index (χ0v) is 26.4. The summed E-state index contributed by atoms with van der Waals surface area (Å²) in [4.78, 5) is 19.5. The van der Waals surface area contributed by atoms with Crippen LogP contribution in [-0.2, 0) is 7.05 Å². The van der Waals surface area contributed by atoms with E-state index in [1.165, 1.54) is 27.7 Å². The largest absolute Gasteiger partial charge is 0.507 e. The van der Waals surface area contributed by atoms with Crippen LogP contribution in [0.1, 0.15) is 52.1 Å². The number of phenols is 1. The van der Waals surface area contributed by atoms with Crippen LogP contribution in [0.3, 0.4) is 0 Å². The first-order valence-electron chi connectivity index (χ1n) is 15.0. The van der Waals surface area contributed by atoms with E-state index in [1.54, 1.807) is 43.8 Å². The van der Waals surface area contributed by atoms with E-state index >= 15 is 4.39 Å². The fourth-order valence-electron chi connectivity index (χ4n) is 6.21. The number of hydrogen-bond donors (Lipinski definition) is 2. The quantitative estimate of drug-likeness (QED) is 0.189. The maximum absolute atomic E-state index is 15.1. The number of hydrogen-bond acceptors (Lipinski definition) is 5. The van der Waals surface area contributed by atoms with E-state index in [1.807, 2.05) is 13.0 Å². The summed E-state index contributed by atoms with van der Waals surface area (Å²) < 4.78 is 18.0. The first-order chi connectivity index (χ1) is 20.5. The minimum absolute atomic E-state index is 0.0549. The lowest BCUT2D eigenvalue weighted by molar-refractivity contribution is 0.277. The molecule has 0 amide bonds. The van der Waals surface area contributed by atoms with Gasteiger partial charge < -0.3 is 19.9 Å². The summed E-state index contributed by atoms with van der Waals surface area (Å²) in [7, 11) is 1.66. The topological polar surface area (TPSA) is 75.3 Å². The number of nitrogens with one attached hydrogen (secondary N) is 1. The van der Waals surface area contributed by atoms with Crippen molar-refractivity contribution in [3.63, 3.8) is 0 Å². The molecule has 5 rings (SSSR count). The fourth-order valence-corrected chi connectivity index (χ4v) is 6.48. The summed E-state index contributed by atoms with van der Waals surface area (Å²) in [6, 6.07) is 10.2. The van der Waals surface area contributed by atoms with Crippen molar-refractivity contribution in [1.29, 1.82) is 0 Å². The van der Waals surface area contributed by atoms with Crippen LogP contribution in [0.2, 0.25) is 5.02 Å². The van der Waals surface area contributed by atoms with Gasteiger partial charge in [-0.1, -0.05) is 38.4 Å². The summed E-state index contributed by atoms with van der Waals surface area (Å²) >= 11 is 6.58. The zero-order valence-electron chi connectivity index (χ0n) is 25.6. The number of aromatic nitrogens is 3. The number of aromatic hydroxyl groups is 1. The molecule has 228 valence electrons. The number of nitrogens with zero attached hydrogens (tertiary/aromatic N) is 4. The Kier molecular flexibility index (Phi) is 8.99. The van der Waals surface area contributed by atoms with Crippen LogP contribution in [0.25, 0.3) is 27.9 Å². The van der Waals surface area contributed by atoms with Gasteiger partial charge in [-0.05, 0) is 80.5 Å². The Balaban J connectivity index is 1.44. The average molecular weight is 606 g/mol. The van der Waals surface area contributed by atoms with Crippen LogP contribution in [0.5, 0.6) is 5.75 Å². The van der Waals surface area contributed by atoms with Gasteiger partial charge >= 0.3 is 5.69 Å². The predicted octanol–water partition coefficient (Wildman–Crippen LogP) is 7.10. The Morgan fingerprint density at radius 1 is 1.12 bits per heavy atom. The normalized spacial score (nSPS) is 16.9. The van der Waals surface area contributed by atoms with E-state index < -0.39 is 5.82 Å². The first-order valence-corrected chi connectivity index (χ1v) is 15.4. The van der Waals surface area contributed by atoms with E-state index in [-0.39, 0.29) is 16.9 Å². The lowest BCUT2D eigenvalue weighted by atomic mass is 9.80. The number of pyridine rings is 1. The highest BCUT2D eigenvalue weighted by Crippen LogP contribution is 2.44. The highest BCUT2D eigenvalue weighted by Gasteiger charge is 2.36. The smallest absolute Gasteiger partial charge is 0.332 e. The molecule has 1 fully saturated rings. The maximum atomic E-state index is 15.1. The van der Waals surface area contributed by atoms with Crippen LogP contribution in [-0.4, -0.2) is 44.9 Å². The van der Waals surface area contributed by atoms with Gasteiger partial charge in [0.2, 0.25) is 0 Å². The molecule has 1 aliphatic rings. The maximum Gasteiger partial charge on any atom is 0.332 e. The zero-order chi connectivity index (χ0) is 30.9. The Labute approximate surface area is 258 Å². The molecule has 1 aliphatic heterocycles. The van der Waals surface area contributed by atoms with Crippen molar-refractivity contribution < 1.29 is 9.50 Å². The molecule has 43 heavy (non-hydrogen) atoms. The molecule has 7 nitrogen and oxygen atoms in total. The van der Waals surface area contributed by atoms with Crippen molar-refractivity contribution in [2.75, 3.05) is 24.5 Å². The highest BCUT2D eigenvalue weighted by molar-refractivity contribution is 6.32.